The molecular weight excluding hydrogens is 172 g/mol. The minimum Gasteiger partial charge on any atom is -0.490 e. The van der Waals surface area contributed by atoms with E-state index in [1.807, 2.05) is 6.07 Å². The molecule has 1 aromatic rings. The first-order valence-corrected chi connectivity index (χ1v) is 5.44. The Kier molecular flexibility index (Phi) is 2.49. The summed E-state index contributed by atoms with van der Waals surface area (Å²) < 4.78 is 5.90. The predicted octanol–water partition coefficient (Wildman–Crippen LogP) is 3.60. The van der Waals surface area contributed by atoms with E-state index in [0.29, 0.717) is 17.9 Å². The standard InChI is InChI=1S/C13H18O/c1-9-8-10(2)14-13-7-5-4-6-12(13)11(9)3/h4-7,9-11H,8H2,1-3H3. The number of para-hydroxylation sites is 1. The molecule has 14 heavy (non-hydrogen) atoms. The molecule has 0 fully saturated rings. The van der Waals surface area contributed by atoms with E-state index >= 15 is 0 Å². The van der Waals surface area contributed by atoms with E-state index in [4.69, 9.17) is 4.74 Å². The number of benzene rings is 1. The zero-order valence-corrected chi connectivity index (χ0v) is 9.16. The third kappa shape index (κ3) is 1.63. The molecule has 0 aromatic heterocycles. The Hall–Kier alpha value is -0.980. The van der Waals surface area contributed by atoms with Crippen LogP contribution in [-0.4, -0.2) is 6.10 Å². The molecule has 3 atom stereocenters. The van der Waals surface area contributed by atoms with Gasteiger partial charge in [0.15, 0.2) is 0 Å². The largest absolute Gasteiger partial charge is 0.490 e. The molecule has 1 aliphatic heterocycles. The summed E-state index contributed by atoms with van der Waals surface area (Å²) in [5.41, 5.74) is 1.37. The fourth-order valence-corrected chi connectivity index (χ4v) is 2.26. The van der Waals surface area contributed by atoms with E-state index in [2.05, 4.69) is 39.0 Å². The van der Waals surface area contributed by atoms with Crippen molar-refractivity contribution in [2.24, 2.45) is 5.92 Å². The van der Waals surface area contributed by atoms with Gasteiger partial charge in [-0.05, 0) is 36.8 Å². The van der Waals surface area contributed by atoms with E-state index in [0.717, 1.165) is 12.2 Å². The Balaban J connectivity index is 2.41. The van der Waals surface area contributed by atoms with E-state index < -0.39 is 0 Å². The van der Waals surface area contributed by atoms with Crippen LogP contribution in [0.5, 0.6) is 5.75 Å². The van der Waals surface area contributed by atoms with Gasteiger partial charge in [0, 0.05) is 0 Å². The second-order valence-corrected chi connectivity index (χ2v) is 4.47. The molecular formula is C13H18O. The van der Waals surface area contributed by atoms with Crippen LogP contribution in [0, 0.1) is 5.92 Å². The second kappa shape index (κ2) is 3.64. The van der Waals surface area contributed by atoms with Gasteiger partial charge < -0.3 is 4.74 Å². The number of fused-ring (bicyclic) bond motifs is 1. The molecule has 0 spiro atoms. The lowest BCUT2D eigenvalue weighted by Gasteiger charge is -2.17. The Labute approximate surface area is 86.1 Å². The number of rotatable bonds is 0. The van der Waals surface area contributed by atoms with E-state index in [1.54, 1.807) is 0 Å². The highest BCUT2D eigenvalue weighted by Gasteiger charge is 2.24. The highest BCUT2D eigenvalue weighted by atomic mass is 16.5. The Morgan fingerprint density at radius 3 is 2.64 bits per heavy atom. The highest BCUT2D eigenvalue weighted by molar-refractivity contribution is 5.37. The van der Waals surface area contributed by atoms with Crippen molar-refractivity contribution in [2.75, 3.05) is 0 Å². The van der Waals surface area contributed by atoms with Gasteiger partial charge in [-0.1, -0.05) is 32.0 Å². The molecule has 0 N–H and O–H groups in total. The first kappa shape index (κ1) is 9.57. The maximum Gasteiger partial charge on any atom is 0.123 e. The third-order valence-corrected chi connectivity index (χ3v) is 3.29. The SMILES string of the molecule is CC1CC(C)C(C)c2ccccc2O1. The van der Waals surface area contributed by atoms with Crippen LogP contribution in [0.25, 0.3) is 0 Å². The lowest BCUT2D eigenvalue weighted by atomic mass is 9.86. The first-order valence-electron chi connectivity index (χ1n) is 5.44. The van der Waals surface area contributed by atoms with Crippen LogP contribution in [0.15, 0.2) is 24.3 Å². The molecule has 1 heterocycles. The number of hydrogen-bond acceptors (Lipinski definition) is 1. The quantitative estimate of drug-likeness (QED) is 0.607. The molecule has 1 nitrogen and oxygen atoms in total. The fraction of sp³-hybridized carbons (Fsp3) is 0.538. The lowest BCUT2D eigenvalue weighted by Crippen LogP contribution is -2.14. The summed E-state index contributed by atoms with van der Waals surface area (Å²) in [5.74, 6) is 2.39. The van der Waals surface area contributed by atoms with Gasteiger partial charge in [-0.15, -0.1) is 0 Å². The minimum absolute atomic E-state index is 0.344. The maximum atomic E-state index is 5.90. The van der Waals surface area contributed by atoms with Crippen molar-refractivity contribution in [3.05, 3.63) is 29.8 Å². The first-order chi connectivity index (χ1) is 6.68. The predicted molar refractivity (Wildman–Crippen MR) is 58.7 cm³/mol. The normalized spacial score (nSPS) is 31.5. The van der Waals surface area contributed by atoms with Gasteiger partial charge in [-0.3, -0.25) is 0 Å². The molecule has 1 aliphatic rings. The van der Waals surface area contributed by atoms with Gasteiger partial charge in [-0.25, -0.2) is 0 Å². The summed E-state index contributed by atoms with van der Waals surface area (Å²) in [6.45, 7) is 6.77. The van der Waals surface area contributed by atoms with Crippen molar-refractivity contribution in [1.29, 1.82) is 0 Å². The summed E-state index contributed by atoms with van der Waals surface area (Å²) in [4.78, 5) is 0. The molecule has 0 amide bonds. The Morgan fingerprint density at radius 2 is 1.86 bits per heavy atom. The summed E-state index contributed by atoms with van der Waals surface area (Å²) in [6.07, 6.45) is 1.49. The topological polar surface area (TPSA) is 9.23 Å². The average molecular weight is 190 g/mol. The van der Waals surface area contributed by atoms with Crippen LogP contribution in [0.1, 0.15) is 38.7 Å². The highest BCUT2D eigenvalue weighted by Crippen LogP contribution is 2.37. The molecule has 0 saturated heterocycles. The summed E-state index contributed by atoms with van der Waals surface area (Å²) >= 11 is 0. The molecule has 0 bridgehead atoms. The smallest absolute Gasteiger partial charge is 0.123 e. The van der Waals surface area contributed by atoms with Gasteiger partial charge in [-0.2, -0.15) is 0 Å². The molecule has 0 radical (unpaired) electrons. The van der Waals surface area contributed by atoms with Crippen molar-refractivity contribution in [1.82, 2.24) is 0 Å². The summed E-state index contributed by atoms with van der Waals surface area (Å²) in [7, 11) is 0. The van der Waals surface area contributed by atoms with Crippen LogP contribution in [-0.2, 0) is 0 Å². The molecule has 1 aromatic carbocycles. The van der Waals surface area contributed by atoms with Gasteiger partial charge in [0.2, 0.25) is 0 Å². The molecule has 2 rings (SSSR count). The molecule has 1 heteroatoms. The van der Waals surface area contributed by atoms with E-state index in [-0.39, 0.29) is 0 Å². The zero-order valence-electron chi connectivity index (χ0n) is 9.16. The number of hydrogen-bond donors (Lipinski definition) is 0. The Bertz CT molecular complexity index is 319. The van der Waals surface area contributed by atoms with Crippen LogP contribution in [0.4, 0.5) is 0 Å². The Morgan fingerprint density at radius 1 is 1.14 bits per heavy atom. The van der Waals surface area contributed by atoms with Crippen molar-refractivity contribution < 1.29 is 4.74 Å². The van der Waals surface area contributed by atoms with Gasteiger partial charge in [0.1, 0.15) is 5.75 Å². The van der Waals surface area contributed by atoms with Crippen LogP contribution in [0.3, 0.4) is 0 Å². The molecule has 3 unspecified atom stereocenters. The molecule has 76 valence electrons. The van der Waals surface area contributed by atoms with E-state index in [1.165, 1.54) is 5.56 Å². The minimum atomic E-state index is 0.344. The third-order valence-electron chi connectivity index (χ3n) is 3.29. The van der Waals surface area contributed by atoms with Crippen molar-refractivity contribution in [3.63, 3.8) is 0 Å². The van der Waals surface area contributed by atoms with Crippen molar-refractivity contribution in [3.8, 4) is 5.75 Å². The van der Waals surface area contributed by atoms with Crippen LogP contribution >= 0.6 is 0 Å². The lowest BCUT2D eigenvalue weighted by molar-refractivity contribution is 0.198. The fourth-order valence-electron chi connectivity index (χ4n) is 2.26. The second-order valence-electron chi connectivity index (χ2n) is 4.47. The number of ether oxygens (including phenoxy) is 1. The molecule has 0 saturated carbocycles. The van der Waals surface area contributed by atoms with Gasteiger partial charge >= 0.3 is 0 Å². The van der Waals surface area contributed by atoms with Crippen LogP contribution < -0.4 is 4.74 Å². The van der Waals surface area contributed by atoms with Gasteiger partial charge in [0.25, 0.3) is 0 Å². The zero-order chi connectivity index (χ0) is 10.1. The molecule has 0 aliphatic carbocycles. The summed E-state index contributed by atoms with van der Waals surface area (Å²) in [5, 5.41) is 0. The monoisotopic (exact) mass is 190 g/mol. The van der Waals surface area contributed by atoms with Gasteiger partial charge in [0.05, 0.1) is 6.10 Å². The van der Waals surface area contributed by atoms with Crippen molar-refractivity contribution in [2.45, 2.75) is 39.2 Å². The maximum absolute atomic E-state index is 5.90. The van der Waals surface area contributed by atoms with E-state index in [9.17, 15) is 0 Å². The van der Waals surface area contributed by atoms with Crippen molar-refractivity contribution >= 4 is 0 Å². The average Bonchev–Trinajstić information content (AvgIpc) is 2.26. The summed E-state index contributed by atoms with van der Waals surface area (Å²) in [6, 6.07) is 8.42. The van der Waals surface area contributed by atoms with Crippen LogP contribution in [0.2, 0.25) is 0 Å².